The lowest BCUT2D eigenvalue weighted by Gasteiger charge is -2.20. The molecule has 0 bridgehead atoms. The molecule has 128 valence electrons. The number of nitrogens with zero attached hydrogens (tertiary/aromatic N) is 4. The molecule has 24 heavy (non-hydrogen) atoms. The Labute approximate surface area is 138 Å². The molecular formula is C13H17N5O5P+. The monoisotopic (exact) mass is 354 g/mol. The predicted octanol–water partition coefficient (Wildman–Crippen LogP) is 1.41. The molecular weight excluding hydrogens is 337 g/mol. The SMILES string of the molecule is CCC1C2O[P+](=O)OCC2OC1n1cnc2c(OC)nc(N)nc21. The Morgan fingerprint density at radius 1 is 1.50 bits per heavy atom. The van der Waals surface area contributed by atoms with Gasteiger partial charge >= 0.3 is 8.25 Å². The summed E-state index contributed by atoms with van der Waals surface area (Å²) in [5.74, 6) is 0.382. The zero-order chi connectivity index (χ0) is 16.8. The van der Waals surface area contributed by atoms with Gasteiger partial charge < -0.3 is 15.2 Å². The smallest absolute Gasteiger partial charge is 0.479 e. The van der Waals surface area contributed by atoms with Crippen LogP contribution in [0.4, 0.5) is 5.95 Å². The van der Waals surface area contributed by atoms with Crippen molar-refractivity contribution in [1.29, 1.82) is 0 Å². The first-order valence-corrected chi connectivity index (χ1v) is 8.68. The molecule has 0 radical (unpaired) electrons. The van der Waals surface area contributed by atoms with Gasteiger partial charge in [-0.15, -0.1) is 9.05 Å². The molecule has 5 atom stereocenters. The van der Waals surface area contributed by atoms with E-state index in [2.05, 4.69) is 15.0 Å². The van der Waals surface area contributed by atoms with Crippen molar-refractivity contribution in [1.82, 2.24) is 19.5 Å². The van der Waals surface area contributed by atoms with E-state index in [0.29, 0.717) is 17.0 Å². The highest BCUT2D eigenvalue weighted by molar-refractivity contribution is 7.33. The molecule has 2 fully saturated rings. The van der Waals surface area contributed by atoms with Crippen molar-refractivity contribution in [2.75, 3.05) is 19.5 Å². The van der Waals surface area contributed by atoms with Crippen LogP contribution in [0.2, 0.25) is 0 Å². The van der Waals surface area contributed by atoms with Crippen LogP contribution in [0.25, 0.3) is 11.2 Å². The molecule has 2 aliphatic rings. The van der Waals surface area contributed by atoms with Gasteiger partial charge in [-0.25, -0.2) is 4.98 Å². The summed E-state index contributed by atoms with van der Waals surface area (Å²) >= 11 is 0. The number of anilines is 1. The second-order valence-electron chi connectivity index (χ2n) is 5.64. The van der Waals surface area contributed by atoms with E-state index >= 15 is 0 Å². The molecule has 0 spiro atoms. The Kier molecular flexibility index (Phi) is 3.84. The molecule has 4 rings (SSSR count). The largest absolute Gasteiger partial charge is 0.697 e. The van der Waals surface area contributed by atoms with Crippen LogP contribution in [-0.2, 0) is 18.3 Å². The molecule has 11 heteroatoms. The molecule has 2 aliphatic heterocycles. The van der Waals surface area contributed by atoms with Crippen molar-refractivity contribution in [2.24, 2.45) is 5.92 Å². The van der Waals surface area contributed by atoms with E-state index in [1.165, 1.54) is 7.11 Å². The van der Waals surface area contributed by atoms with Gasteiger partial charge in [-0.2, -0.15) is 9.97 Å². The molecule has 4 heterocycles. The highest BCUT2D eigenvalue weighted by Crippen LogP contribution is 2.47. The molecule has 2 aromatic heterocycles. The number of ether oxygens (including phenoxy) is 2. The van der Waals surface area contributed by atoms with Crippen molar-refractivity contribution in [2.45, 2.75) is 31.8 Å². The average Bonchev–Trinajstić information content (AvgIpc) is 3.14. The average molecular weight is 354 g/mol. The maximum atomic E-state index is 11.6. The molecule has 0 saturated carbocycles. The Hall–Kier alpha value is -1.87. The number of rotatable bonds is 3. The van der Waals surface area contributed by atoms with Crippen LogP contribution in [0, 0.1) is 5.92 Å². The summed E-state index contributed by atoms with van der Waals surface area (Å²) in [6.07, 6.45) is 1.43. The van der Waals surface area contributed by atoms with Crippen molar-refractivity contribution in [3.05, 3.63) is 6.33 Å². The van der Waals surface area contributed by atoms with Crippen LogP contribution < -0.4 is 10.5 Å². The zero-order valence-electron chi connectivity index (χ0n) is 13.2. The Morgan fingerprint density at radius 2 is 2.33 bits per heavy atom. The van der Waals surface area contributed by atoms with E-state index < -0.39 is 8.25 Å². The first kappa shape index (κ1) is 15.6. The first-order chi connectivity index (χ1) is 11.6. The lowest BCUT2D eigenvalue weighted by Crippen LogP contribution is -2.34. The number of hydrogen-bond donors (Lipinski definition) is 1. The Morgan fingerprint density at radius 3 is 3.08 bits per heavy atom. The lowest BCUT2D eigenvalue weighted by atomic mass is 9.97. The summed E-state index contributed by atoms with van der Waals surface area (Å²) in [5.41, 5.74) is 6.78. The molecule has 0 amide bonds. The molecule has 2 N–H and O–H groups in total. The van der Waals surface area contributed by atoms with Gasteiger partial charge in [0.1, 0.15) is 18.9 Å². The summed E-state index contributed by atoms with van der Waals surface area (Å²) in [7, 11) is -0.603. The van der Waals surface area contributed by atoms with Gasteiger partial charge in [-0.05, 0) is 6.42 Å². The minimum atomic E-state index is -2.10. The van der Waals surface area contributed by atoms with E-state index in [1.54, 1.807) is 10.9 Å². The molecule has 0 aliphatic carbocycles. The molecule has 0 aromatic carbocycles. The molecule has 2 aromatic rings. The predicted molar refractivity (Wildman–Crippen MR) is 82.4 cm³/mol. The zero-order valence-corrected chi connectivity index (χ0v) is 14.1. The van der Waals surface area contributed by atoms with E-state index in [-0.39, 0.29) is 36.9 Å². The van der Waals surface area contributed by atoms with E-state index in [4.69, 9.17) is 24.3 Å². The first-order valence-electron chi connectivity index (χ1n) is 7.58. The highest BCUT2D eigenvalue weighted by Gasteiger charge is 2.54. The van der Waals surface area contributed by atoms with E-state index in [0.717, 1.165) is 6.42 Å². The van der Waals surface area contributed by atoms with Gasteiger partial charge in [0.05, 0.1) is 13.4 Å². The quantitative estimate of drug-likeness (QED) is 0.815. The molecule has 10 nitrogen and oxygen atoms in total. The van der Waals surface area contributed by atoms with Crippen molar-refractivity contribution in [3.63, 3.8) is 0 Å². The number of hydrogen-bond acceptors (Lipinski definition) is 9. The number of nitrogen functional groups attached to an aromatic ring is 1. The summed E-state index contributed by atoms with van der Waals surface area (Å²) < 4.78 is 35.2. The van der Waals surface area contributed by atoms with E-state index in [1.807, 2.05) is 6.92 Å². The number of aromatic nitrogens is 4. The number of fused-ring (bicyclic) bond motifs is 2. The number of imidazole rings is 1. The highest BCUT2D eigenvalue weighted by atomic mass is 31.1. The Balaban J connectivity index is 1.77. The minimum Gasteiger partial charge on any atom is -0.479 e. The van der Waals surface area contributed by atoms with Crippen molar-refractivity contribution >= 4 is 25.4 Å². The standard InChI is InChI=1S/C13H17N5O5P/c1-3-6-9-7(4-21-24(19)23-9)22-12(6)18-5-15-8-10(18)16-13(14)17-11(8)20-2/h5-7,9,12H,3-4H2,1-2H3,(H2,14,16,17)/q+1. The summed E-state index contributed by atoms with van der Waals surface area (Å²) in [6.45, 7) is 2.26. The summed E-state index contributed by atoms with van der Waals surface area (Å²) in [4.78, 5) is 12.6. The second kappa shape index (κ2) is 5.89. The lowest BCUT2D eigenvalue weighted by molar-refractivity contribution is -0.0530. The van der Waals surface area contributed by atoms with Gasteiger partial charge in [-0.1, -0.05) is 6.92 Å². The third-order valence-electron chi connectivity index (χ3n) is 4.37. The van der Waals surface area contributed by atoms with Gasteiger partial charge in [0, 0.05) is 10.5 Å². The van der Waals surface area contributed by atoms with Crippen LogP contribution >= 0.6 is 8.25 Å². The second-order valence-corrected chi connectivity index (χ2v) is 6.56. The van der Waals surface area contributed by atoms with Crippen LogP contribution in [0.15, 0.2) is 6.33 Å². The van der Waals surface area contributed by atoms with Gasteiger partial charge in [0.25, 0.3) is 0 Å². The van der Waals surface area contributed by atoms with Gasteiger partial charge in [-0.3, -0.25) is 4.57 Å². The number of nitrogens with two attached hydrogens (primary N) is 1. The summed E-state index contributed by atoms with van der Waals surface area (Å²) in [5, 5.41) is 0. The maximum absolute atomic E-state index is 11.6. The number of methoxy groups -OCH3 is 1. The fraction of sp³-hybridized carbons (Fsp3) is 0.615. The normalized spacial score (nSPS) is 31.3. The van der Waals surface area contributed by atoms with Crippen LogP contribution in [0.3, 0.4) is 0 Å². The maximum Gasteiger partial charge on any atom is 0.697 e. The Bertz CT molecular complexity index is 798. The van der Waals surface area contributed by atoms with Crippen LogP contribution in [0.1, 0.15) is 19.6 Å². The fourth-order valence-electron chi connectivity index (χ4n) is 3.28. The third kappa shape index (κ3) is 2.34. The third-order valence-corrected chi connectivity index (χ3v) is 5.14. The summed E-state index contributed by atoms with van der Waals surface area (Å²) in [6, 6.07) is 0. The minimum absolute atomic E-state index is 0.0163. The fourth-order valence-corrected chi connectivity index (χ4v) is 4.10. The van der Waals surface area contributed by atoms with E-state index in [9.17, 15) is 4.57 Å². The molecule has 5 unspecified atom stereocenters. The van der Waals surface area contributed by atoms with Gasteiger partial charge in [0.2, 0.25) is 11.8 Å². The van der Waals surface area contributed by atoms with Crippen molar-refractivity contribution < 1.29 is 23.1 Å². The van der Waals surface area contributed by atoms with Gasteiger partial charge in [0.15, 0.2) is 17.3 Å². The van der Waals surface area contributed by atoms with Crippen molar-refractivity contribution in [3.8, 4) is 5.88 Å². The van der Waals surface area contributed by atoms with Crippen LogP contribution in [-0.4, -0.2) is 45.4 Å². The van der Waals surface area contributed by atoms with Crippen LogP contribution in [0.5, 0.6) is 5.88 Å². The molecule has 2 saturated heterocycles. The topological polar surface area (TPSA) is 124 Å².